The number of nitro benzene ring substituents is 1. The maximum atomic E-state index is 10.5. The minimum Gasteiger partial charge on any atom is -0.399 e. The molecular formula is C20H26N4O2S2. The first-order chi connectivity index (χ1) is 13.6. The van der Waals surface area contributed by atoms with E-state index in [2.05, 4.69) is 21.9 Å². The first-order valence-electron chi connectivity index (χ1n) is 9.39. The summed E-state index contributed by atoms with van der Waals surface area (Å²) < 4.78 is 0. The number of hydrogen-bond donors (Lipinski definition) is 1. The number of non-ortho nitro benzene ring substituents is 1. The molecule has 2 saturated heterocycles. The van der Waals surface area contributed by atoms with Crippen LogP contribution in [0.4, 0.5) is 22.7 Å². The van der Waals surface area contributed by atoms with Crippen LogP contribution in [0.25, 0.3) is 0 Å². The third-order valence-electron chi connectivity index (χ3n) is 4.71. The molecule has 2 aromatic carbocycles. The number of nitrogen functional groups attached to an aromatic ring is 1. The Morgan fingerprint density at radius 1 is 0.750 bits per heavy atom. The lowest BCUT2D eigenvalue weighted by atomic mass is 10.2. The van der Waals surface area contributed by atoms with Gasteiger partial charge in [0.05, 0.1) is 4.92 Å². The Kier molecular flexibility index (Phi) is 7.73. The monoisotopic (exact) mass is 418 g/mol. The smallest absolute Gasteiger partial charge is 0.269 e. The van der Waals surface area contributed by atoms with Gasteiger partial charge in [-0.05, 0) is 36.4 Å². The molecule has 150 valence electrons. The van der Waals surface area contributed by atoms with Crippen LogP contribution < -0.4 is 15.5 Å². The fourth-order valence-corrected chi connectivity index (χ4v) is 4.92. The van der Waals surface area contributed by atoms with Crippen LogP contribution in [-0.4, -0.2) is 54.1 Å². The van der Waals surface area contributed by atoms with Crippen LogP contribution in [0.5, 0.6) is 0 Å². The SMILES string of the molecule is Nc1ccc(N2CCSCC2)cc1.O=[N+]([O-])c1ccc(N2CCSCC2)cc1. The molecule has 28 heavy (non-hydrogen) atoms. The van der Waals surface area contributed by atoms with Crippen LogP contribution in [0.15, 0.2) is 48.5 Å². The fourth-order valence-electron chi connectivity index (χ4n) is 3.11. The van der Waals surface area contributed by atoms with Gasteiger partial charge in [0.25, 0.3) is 5.69 Å². The zero-order chi connectivity index (χ0) is 19.8. The second-order valence-electron chi connectivity index (χ2n) is 6.56. The summed E-state index contributed by atoms with van der Waals surface area (Å²) in [6.45, 7) is 4.38. The van der Waals surface area contributed by atoms with Crippen molar-refractivity contribution in [3.63, 3.8) is 0 Å². The van der Waals surface area contributed by atoms with E-state index < -0.39 is 0 Å². The molecule has 0 radical (unpaired) electrons. The van der Waals surface area contributed by atoms with Gasteiger partial charge in [-0.1, -0.05) is 0 Å². The summed E-state index contributed by atoms with van der Waals surface area (Å²) in [5.74, 6) is 4.75. The van der Waals surface area contributed by atoms with Crippen LogP contribution >= 0.6 is 23.5 Å². The zero-order valence-corrected chi connectivity index (χ0v) is 17.5. The van der Waals surface area contributed by atoms with Gasteiger partial charge in [0.2, 0.25) is 0 Å². The van der Waals surface area contributed by atoms with Crippen molar-refractivity contribution < 1.29 is 4.92 Å². The van der Waals surface area contributed by atoms with Gasteiger partial charge in [-0.25, -0.2) is 0 Å². The molecule has 0 unspecified atom stereocenters. The highest BCUT2D eigenvalue weighted by Gasteiger charge is 2.12. The summed E-state index contributed by atoms with van der Waals surface area (Å²) in [5.41, 5.74) is 9.02. The Hall–Kier alpha value is -2.06. The van der Waals surface area contributed by atoms with E-state index in [9.17, 15) is 10.1 Å². The highest BCUT2D eigenvalue weighted by Crippen LogP contribution is 2.22. The second kappa shape index (κ2) is 10.5. The maximum absolute atomic E-state index is 10.5. The molecule has 2 heterocycles. The molecule has 2 aliphatic rings. The van der Waals surface area contributed by atoms with Crippen LogP contribution in [-0.2, 0) is 0 Å². The predicted octanol–water partition coefficient (Wildman–Crippen LogP) is 3.97. The molecule has 2 aliphatic heterocycles. The molecule has 0 saturated carbocycles. The minimum atomic E-state index is -0.365. The van der Waals surface area contributed by atoms with Crippen LogP contribution in [0.1, 0.15) is 0 Å². The number of nitro groups is 1. The van der Waals surface area contributed by atoms with Crippen LogP contribution in [0, 0.1) is 10.1 Å². The summed E-state index contributed by atoms with van der Waals surface area (Å²) in [7, 11) is 0. The van der Waals surface area contributed by atoms with Crippen molar-refractivity contribution in [3.8, 4) is 0 Å². The van der Waals surface area contributed by atoms with Crippen molar-refractivity contribution in [2.45, 2.75) is 0 Å². The number of rotatable bonds is 3. The first-order valence-corrected chi connectivity index (χ1v) is 11.7. The highest BCUT2D eigenvalue weighted by atomic mass is 32.2. The lowest BCUT2D eigenvalue weighted by molar-refractivity contribution is -0.384. The van der Waals surface area contributed by atoms with Crippen molar-refractivity contribution >= 4 is 46.3 Å². The normalized spacial score (nSPS) is 16.9. The third-order valence-corrected chi connectivity index (χ3v) is 6.59. The van der Waals surface area contributed by atoms with Gasteiger partial charge in [0.15, 0.2) is 0 Å². The fraction of sp³-hybridized carbons (Fsp3) is 0.400. The quantitative estimate of drug-likeness (QED) is 0.459. The van der Waals surface area contributed by atoms with E-state index >= 15 is 0 Å². The summed E-state index contributed by atoms with van der Waals surface area (Å²) in [4.78, 5) is 14.8. The van der Waals surface area contributed by atoms with Gasteiger partial charge in [-0.3, -0.25) is 10.1 Å². The molecule has 2 fully saturated rings. The lowest BCUT2D eigenvalue weighted by Crippen LogP contribution is -2.32. The number of benzene rings is 2. The topological polar surface area (TPSA) is 75.6 Å². The maximum Gasteiger partial charge on any atom is 0.269 e. The summed E-state index contributed by atoms with van der Waals surface area (Å²) in [6, 6.07) is 14.9. The van der Waals surface area contributed by atoms with Gasteiger partial charge in [-0.15, -0.1) is 0 Å². The van der Waals surface area contributed by atoms with Crippen molar-refractivity contribution in [1.29, 1.82) is 0 Å². The molecule has 6 nitrogen and oxygen atoms in total. The Bertz CT molecular complexity index is 744. The Morgan fingerprint density at radius 2 is 1.14 bits per heavy atom. The standard InChI is InChI=1S/C10H12N2O2S.C10H14N2S/c13-12(14)10-3-1-9(2-4-10)11-5-7-15-8-6-11;11-9-1-3-10(4-2-9)12-5-7-13-8-6-12/h1-4H,5-8H2;1-4H,5-8,11H2. The summed E-state index contributed by atoms with van der Waals surface area (Å²) in [5, 5.41) is 10.5. The molecule has 0 spiro atoms. The Morgan fingerprint density at radius 3 is 1.54 bits per heavy atom. The summed E-state index contributed by atoms with van der Waals surface area (Å²) in [6.07, 6.45) is 0. The van der Waals surface area contributed by atoms with E-state index in [-0.39, 0.29) is 10.6 Å². The van der Waals surface area contributed by atoms with Crippen LogP contribution in [0.3, 0.4) is 0 Å². The average Bonchev–Trinajstić information content (AvgIpc) is 2.76. The predicted molar refractivity (Wildman–Crippen MR) is 123 cm³/mol. The van der Waals surface area contributed by atoms with Crippen molar-refractivity contribution in [2.24, 2.45) is 0 Å². The van der Waals surface area contributed by atoms with E-state index in [0.717, 1.165) is 49.1 Å². The Labute approximate surface area is 174 Å². The summed E-state index contributed by atoms with van der Waals surface area (Å²) >= 11 is 3.98. The zero-order valence-electron chi connectivity index (χ0n) is 15.8. The minimum absolute atomic E-state index is 0.158. The lowest BCUT2D eigenvalue weighted by Gasteiger charge is -2.28. The third kappa shape index (κ3) is 5.97. The van der Waals surface area contributed by atoms with E-state index in [1.54, 1.807) is 12.1 Å². The van der Waals surface area contributed by atoms with Gasteiger partial charge >= 0.3 is 0 Å². The largest absolute Gasteiger partial charge is 0.399 e. The van der Waals surface area contributed by atoms with Crippen molar-refractivity contribution in [2.75, 3.05) is 64.7 Å². The average molecular weight is 419 g/mol. The van der Waals surface area contributed by atoms with Gasteiger partial charge in [0, 0.05) is 78.4 Å². The Balaban J connectivity index is 0.000000162. The second-order valence-corrected chi connectivity index (χ2v) is 9.01. The number of nitrogens with two attached hydrogens (primary N) is 1. The van der Waals surface area contributed by atoms with E-state index in [1.807, 2.05) is 47.8 Å². The molecular weight excluding hydrogens is 392 g/mol. The molecule has 2 aromatic rings. The van der Waals surface area contributed by atoms with Gasteiger partial charge < -0.3 is 15.5 Å². The van der Waals surface area contributed by atoms with Crippen molar-refractivity contribution in [1.82, 2.24) is 0 Å². The molecule has 0 aromatic heterocycles. The number of nitrogens with zero attached hydrogens (tertiary/aromatic N) is 3. The molecule has 0 bridgehead atoms. The molecule has 0 amide bonds. The number of hydrogen-bond acceptors (Lipinski definition) is 7. The molecule has 8 heteroatoms. The number of anilines is 3. The van der Waals surface area contributed by atoms with E-state index in [4.69, 9.17) is 5.73 Å². The molecule has 0 aliphatic carbocycles. The molecule has 0 atom stereocenters. The van der Waals surface area contributed by atoms with Gasteiger partial charge in [-0.2, -0.15) is 23.5 Å². The van der Waals surface area contributed by atoms with E-state index in [1.165, 1.54) is 17.2 Å². The van der Waals surface area contributed by atoms with E-state index in [0.29, 0.717) is 0 Å². The van der Waals surface area contributed by atoms with Gasteiger partial charge in [0.1, 0.15) is 0 Å². The number of thioether (sulfide) groups is 2. The molecule has 4 rings (SSSR count). The highest BCUT2D eigenvalue weighted by molar-refractivity contribution is 7.99. The van der Waals surface area contributed by atoms with Crippen molar-refractivity contribution in [3.05, 3.63) is 58.6 Å². The molecule has 2 N–H and O–H groups in total. The van der Waals surface area contributed by atoms with Crippen LogP contribution in [0.2, 0.25) is 0 Å². The first kappa shape index (κ1) is 20.7.